The summed E-state index contributed by atoms with van der Waals surface area (Å²) in [6, 6.07) is 13.2. The smallest absolute Gasteiger partial charge is 0.230 e. The maximum atomic E-state index is 13.9. The van der Waals surface area contributed by atoms with Gasteiger partial charge in [-0.3, -0.25) is 4.79 Å². The van der Waals surface area contributed by atoms with E-state index in [9.17, 15) is 18.7 Å². The van der Waals surface area contributed by atoms with Crippen molar-refractivity contribution in [3.8, 4) is 0 Å². The molecule has 2 rings (SSSR count). The lowest BCUT2D eigenvalue weighted by Gasteiger charge is -2.26. The molecule has 5 heteroatoms. The van der Waals surface area contributed by atoms with Gasteiger partial charge in [0.05, 0.1) is 12.5 Å². The molecule has 1 unspecified atom stereocenters. The van der Waals surface area contributed by atoms with Crippen molar-refractivity contribution < 1.29 is 18.7 Å². The van der Waals surface area contributed by atoms with Crippen LogP contribution in [-0.2, 0) is 11.2 Å². The fourth-order valence-electron chi connectivity index (χ4n) is 2.68. The Kier molecular flexibility index (Phi) is 6.44. The summed E-state index contributed by atoms with van der Waals surface area (Å²) in [6.07, 6.45) is 0.610. The Bertz CT molecular complexity index is 656. The second-order valence-corrected chi connectivity index (χ2v) is 5.64. The van der Waals surface area contributed by atoms with E-state index in [4.69, 9.17) is 0 Å². The summed E-state index contributed by atoms with van der Waals surface area (Å²) in [5, 5.41) is 9.20. The molecule has 0 bridgehead atoms. The standard InChI is InChI=1S/C19H21F2NO2/c1-14(18-16(20)8-5-9-17(18)21)19(24)22(12-13-23)11-10-15-6-3-2-4-7-15/h2-9,14,23H,10-13H2,1H3. The molecular formula is C19H21F2NO2. The van der Waals surface area contributed by atoms with Crippen LogP contribution in [0.2, 0.25) is 0 Å². The van der Waals surface area contributed by atoms with E-state index in [1.807, 2.05) is 30.3 Å². The van der Waals surface area contributed by atoms with Crippen LogP contribution in [0.1, 0.15) is 24.0 Å². The number of rotatable bonds is 7. The number of halogens is 2. The Hall–Kier alpha value is -2.27. The Morgan fingerprint density at radius 2 is 1.67 bits per heavy atom. The number of hydrogen-bond donors (Lipinski definition) is 1. The molecule has 1 N–H and O–H groups in total. The zero-order valence-corrected chi connectivity index (χ0v) is 13.6. The van der Waals surface area contributed by atoms with E-state index in [1.54, 1.807) is 0 Å². The van der Waals surface area contributed by atoms with Gasteiger partial charge in [0.2, 0.25) is 5.91 Å². The lowest BCUT2D eigenvalue weighted by Crippen LogP contribution is -2.38. The first-order valence-electron chi connectivity index (χ1n) is 7.92. The minimum Gasteiger partial charge on any atom is -0.395 e. The first-order valence-corrected chi connectivity index (χ1v) is 7.92. The Morgan fingerprint density at radius 3 is 2.25 bits per heavy atom. The van der Waals surface area contributed by atoms with Crippen LogP contribution in [0.3, 0.4) is 0 Å². The van der Waals surface area contributed by atoms with Crippen molar-refractivity contribution in [1.29, 1.82) is 0 Å². The molecule has 2 aromatic carbocycles. The summed E-state index contributed by atoms with van der Waals surface area (Å²) >= 11 is 0. The van der Waals surface area contributed by atoms with E-state index in [0.29, 0.717) is 13.0 Å². The number of nitrogens with zero attached hydrogens (tertiary/aromatic N) is 1. The molecule has 0 saturated carbocycles. The van der Waals surface area contributed by atoms with Gasteiger partial charge in [-0.05, 0) is 31.0 Å². The second-order valence-electron chi connectivity index (χ2n) is 5.64. The molecule has 2 aromatic rings. The van der Waals surface area contributed by atoms with E-state index >= 15 is 0 Å². The fourth-order valence-corrected chi connectivity index (χ4v) is 2.68. The van der Waals surface area contributed by atoms with Gasteiger partial charge < -0.3 is 10.0 Å². The van der Waals surface area contributed by atoms with Crippen molar-refractivity contribution in [3.63, 3.8) is 0 Å². The number of aliphatic hydroxyl groups is 1. The zero-order chi connectivity index (χ0) is 17.5. The maximum Gasteiger partial charge on any atom is 0.230 e. The van der Waals surface area contributed by atoms with E-state index in [1.165, 1.54) is 17.9 Å². The topological polar surface area (TPSA) is 40.5 Å². The summed E-state index contributed by atoms with van der Waals surface area (Å²) < 4.78 is 27.8. The highest BCUT2D eigenvalue weighted by atomic mass is 19.1. The lowest BCUT2D eigenvalue weighted by molar-refractivity contribution is -0.133. The quantitative estimate of drug-likeness (QED) is 0.846. The summed E-state index contributed by atoms with van der Waals surface area (Å²) in [4.78, 5) is 14.1. The molecule has 0 aliphatic rings. The Morgan fingerprint density at radius 1 is 1.04 bits per heavy atom. The monoisotopic (exact) mass is 333 g/mol. The van der Waals surface area contributed by atoms with Crippen molar-refractivity contribution in [3.05, 3.63) is 71.3 Å². The zero-order valence-electron chi connectivity index (χ0n) is 13.6. The molecule has 0 saturated heterocycles. The van der Waals surface area contributed by atoms with E-state index in [0.717, 1.165) is 17.7 Å². The van der Waals surface area contributed by atoms with E-state index in [-0.39, 0.29) is 18.7 Å². The van der Waals surface area contributed by atoms with Gasteiger partial charge in [-0.25, -0.2) is 8.78 Å². The van der Waals surface area contributed by atoms with Gasteiger partial charge in [0, 0.05) is 18.7 Å². The molecular weight excluding hydrogens is 312 g/mol. The largest absolute Gasteiger partial charge is 0.395 e. The Balaban J connectivity index is 2.13. The second kappa shape index (κ2) is 8.55. The van der Waals surface area contributed by atoms with Gasteiger partial charge in [0.25, 0.3) is 0 Å². The molecule has 0 aromatic heterocycles. The molecule has 0 fully saturated rings. The molecule has 0 aliphatic heterocycles. The van der Waals surface area contributed by atoms with Crippen molar-refractivity contribution in [2.45, 2.75) is 19.3 Å². The molecule has 128 valence electrons. The van der Waals surface area contributed by atoms with E-state index < -0.39 is 23.5 Å². The molecule has 1 atom stereocenters. The number of aliphatic hydroxyl groups excluding tert-OH is 1. The van der Waals surface area contributed by atoms with Gasteiger partial charge in [-0.2, -0.15) is 0 Å². The minimum absolute atomic E-state index is 0.131. The summed E-state index contributed by atoms with van der Waals surface area (Å²) in [5.74, 6) is -2.82. The van der Waals surface area contributed by atoms with Crippen LogP contribution in [0.25, 0.3) is 0 Å². The first-order chi connectivity index (χ1) is 11.5. The molecule has 0 spiro atoms. The molecule has 1 amide bonds. The fraction of sp³-hybridized carbons (Fsp3) is 0.316. The molecule has 24 heavy (non-hydrogen) atoms. The van der Waals surface area contributed by atoms with Crippen LogP contribution < -0.4 is 0 Å². The first kappa shape index (κ1) is 18.1. The highest BCUT2D eigenvalue weighted by Gasteiger charge is 2.26. The van der Waals surface area contributed by atoms with Crippen molar-refractivity contribution in [1.82, 2.24) is 4.90 Å². The predicted octanol–water partition coefficient (Wildman–Crippen LogP) is 3.13. The van der Waals surface area contributed by atoms with Gasteiger partial charge in [-0.1, -0.05) is 36.4 Å². The SMILES string of the molecule is CC(C(=O)N(CCO)CCc1ccccc1)c1c(F)cccc1F. The highest BCUT2D eigenvalue weighted by molar-refractivity contribution is 5.83. The number of carbonyl (C=O) groups is 1. The molecule has 0 radical (unpaired) electrons. The highest BCUT2D eigenvalue weighted by Crippen LogP contribution is 2.24. The van der Waals surface area contributed by atoms with Crippen LogP contribution in [-0.4, -0.2) is 35.6 Å². The van der Waals surface area contributed by atoms with Gasteiger partial charge in [-0.15, -0.1) is 0 Å². The van der Waals surface area contributed by atoms with Crippen molar-refractivity contribution in [2.75, 3.05) is 19.7 Å². The minimum atomic E-state index is -0.950. The van der Waals surface area contributed by atoms with Crippen molar-refractivity contribution >= 4 is 5.91 Å². The normalized spacial score (nSPS) is 12.0. The lowest BCUT2D eigenvalue weighted by atomic mass is 9.98. The third kappa shape index (κ3) is 4.38. The summed E-state index contributed by atoms with van der Waals surface area (Å²) in [6.45, 7) is 1.79. The average Bonchev–Trinajstić information content (AvgIpc) is 2.58. The molecule has 0 aliphatic carbocycles. The van der Waals surface area contributed by atoms with Gasteiger partial charge in [0.15, 0.2) is 0 Å². The van der Waals surface area contributed by atoms with E-state index in [2.05, 4.69) is 0 Å². The summed E-state index contributed by atoms with van der Waals surface area (Å²) in [7, 11) is 0. The van der Waals surface area contributed by atoms with Crippen LogP contribution >= 0.6 is 0 Å². The van der Waals surface area contributed by atoms with Gasteiger partial charge >= 0.3 is 0 Å². The van der Waals surface area contributed by atoms with Crippen LogP contribution in [0.5, 0.6) is 0 Å². The third-order valence-corrected chi connectivity index (χ3v) is 4.00. The van der Waals surface area contributed by atoms with Crippen LogP contribution in [0.15, 0.2) is 48.5 Å². The Labute approximate surface area is 140 Å². The van der Waals surface area contributed by atoms with Crippen LogP contribution in [0.4, 0.5) is 8.78 Å². The summed E-state index contributed by atoms with van der Waals surface area (Å²) in [5.41, 5.74) is 0.822. The molecule has 3 nitrogen and oxygen atoms in total. The number of benzene rings is 2. The third-order valence-electron chi connectivity index (χ3n) is 4.00. The van der Waals surface area contributed by atoms with Gasteiger partial charge in [0.1, 0.15) is 11.6 Å². The maximum absolute atomic E-state index is 13.9. The van der Waals surface area contributed by atoms with Crippen molar-refractivity contribution in [2.24, 2.45) is 0 Å². The average molecular weight is 333 g/mol. The number of amides is 1. The number of hydrogen-bond acceptors (Lipinski definition) is 2. The predicted molar refractivity (Wildman–Crippen MR) is 88.6 cm³/mol. The van der Waals surface area contributed by atoms with Crippen LogP contribution in [0, 0.1) is 11.6 Å². The molecule has 0 heterocycles. The number of carbonyl (C=O) groups excluding carboxylic acids is 1.